The Morgan fingerprint density at radius 2 is 0.895 bits per heavy atom. The first kappa shape index (κ1) is 35.0. The number of hydrogen-bond acceptors (Lipinski definition) is 4. The number of rotatable bonds is 5. The van der Waals surface area contributed by atoms with Gasteiger partial charge in [-0.1, -0.05) is 124 Å². The van der Waals surface area contributed by atoms with Crippen LogP contribution in [0.25, 0.3) is 94.7 Å². The van der Waals surface area contributed by atoms with Crippen LogP contribution in [0.3, 0.4) is 0 Å². The van der Waals surface area contributed by atoms with Crippen LogP contribution in [0.4, 0.5) is 0 Å². The largest absolute Gasteiger partial charge is 0.456 e. The maximum absolute atomic E-state index is 7.03. The minimum atomic E-state index is 0.156. The number of hydrogen-bond donors (Lipinski definition) is 0. The van der Waals surface area contributed by atoms with Crippen molar-refractivity contribution in [3.8, 4) is 51.0 Å². The average Bonchev–Trinajstić information content (AvgIpc) is 3.81. The van der Waals surface area contributed by atoms with E-state index in [0.717, 1.165) is 33.0 Å². The predicted molar refractivity (Wildman–Crippen MR) is 241 cm³/mol. The van der Waals surface area contributed by atoms with E-state index < -0.39 is 0 Å². The molecule has 10 aromatic rings. The van der Waals surface area contributed by atoms with Crippen molar-refractivity contribution in [2.24, 2.45) is 0 Å². The highest BCUT2D eigenvalue weighted by atomic mass is 16.3. The van der Waals surface area contributed by atoms with Crippen molar-refractivity contribution in [1.29, 1.82) is 0 Å². The Balaban J connectivity index is 1.19. The monoisotopic (exact) mass is 710 g/mol. The molecular weight excluding hydrogens is 688 g/mol. The summed E-state index contributed by atoms with van der Waals surface area (Å²) in [4.78, 5) is 14.6. The lowest BCUT2D eigenvalue weighted by atomic mass is 9.64. The zero-order valence-corrected chi connectivity index (χ0v) is 30.4. The molecule has 3 heterocycles. The normalized spacial score (nSPS) is 11.6. The standard InChI is InChI=1S/C45H21B7N4O/c46-34-31(22-10-4-1-5-11-22)35(47)39(51)41-32(34)33-36(48)37(49)38(50)40(52)42(33)56(41)26-17-19-29-28(21-26)27-18-16-25(20-30(27)57-29)45-54-43(23-12-6-2-7-13-23)53-44(55-45)24-14-8-3-9-15-24/h1-21H. The first-order chi connectivity index (χ1) is 27.7. The van der Waals surface area contributed by atoms with Crippen LogP contribution in [-0.4, -0.2) is 74.4 Å². The smallest absolute Gasteiger partial charge is 0.164 e. The Bertz CT molecular complexity index is 3200. The fourth-order valence-electron chi connectivity index (χ4n) is 7.85. The van der Waals surface area contributed by atoms with Crippen LogP contribution in [0.2, 0.25) is 0 Å². The maximum atomic E-state index is 7.03. The second-order valence-corrected chi connectivity index (χ2v) is 14.0. The summed E-state index contributed by atoms with van der Waals surface area (Å²) in [6, 6.07) is 41.0. The molecular formula is C45H21B7N4O. The van der Waals surface area contributed by atoms with Gasteiger partial charge in [0, 0.05) is 49.6 Å². The summed E-state index contributed by atoms with van der Waals surface area (Å²) in [5.74, 6) is 1.65. The summed E-state index contributed by atoms with van der Waals surface area (Å²) < 4.78 is 8.37. The zero-order chi connectivity index (χ0) is 39.1. The molecule has 0 saturated heterocycles. The summed E-state index contributed by atoms with van der Waals surface area (Å²) in [6.45, 7) is 0. The van der Waals surface area contributed by atoms with Crippen LogP contribution in [0, 0.1) is 0 Å². The molecule has 0 aliphatic heterocycles. The van der Waals surface area contributed by atoms with Crippen LogP contribution in [0.15, 0.2) is 132 Å². The fourth-order valence-corrected chi connectivity index (χ4v) is 7.85. The van der Waals surface area contributed by atoms with E-state index in [1.807, 2.05) is 132 Å². The Morgan fingerprint density at radius 1 is 0.386 bits per heavy atom. The average molecular weight is 709 g/mol. The van der Waals surface area contributed by atoms with E-state index >= 15 is 0 Å². The van der Waals surface area contributed by atoms with Gasteiger partial charge in [-0.2, -0.15) is 0 Å². The minimum absolute atomic E-state index is 0.156. The first-order valence-corrected chi connectivity index (χ1v) is 18.1. The van der Waals surface area contributed by atoms with Gasteiger partial charge in [-0.05, 0) is 46.8 Å². The maximum Gasteiger partial charge on any atom is 0.164 e. The van der Waals surface area contributed by atoms with E-state index in [4.69, 9.17) is 74.3 Å². The molecule has 0 aliphatic carbocycles. The van der Waals surface area contributed by atoms with Gasteiger partial charge in [-0.15, -0.1) is 10.9 Å². The van der Waals surface area contributed by atoms with Crippen molar-refractivity contribution in [3.63, 3.8) is 0 Å². The molecule has 0 unspecified atom stereocenters. The lowest BCUT2D eigenvalue weighted by molar-refractivity contribution is 0.669. The predicted octanol–water partition coefficient (Wildman–Crippen LogP) is 3.09. The summed E-state index contributed by atoms with van der Waals surface area (Å²) in [5, 5.41) is 2.80. The molecule has 0 aliphatic rings. The lowest BCUT2D eigenvalue weighted by Crippen LogP contribution is -2.48. The third-order valence-corrected chi connectivity index (χ3v) is 10.7. The molecule has 248 valence electrons. The van der Waals surface area contributed by atoms with E-state index in [9.17, 15) is 0 Å². The molecule has 0 fully saturated rings. The molecule has 3 aromatic heterocycles. The van der Waals surface area contributed by atoms with Gasteiger partial charge in [0.2, 0.25) is 0 Å². The highest BCUT2D eigenvalue weighted by molar-refractivity contribution is 6.69. The summed E-state index contributed by atoms with van der Waals surface area (Å²) in [6.07, 6.45) is 0. The molecule has 7 aromatic carbocycles. The third-order valence-electron chi connectivity index (χ3n) is 10.7. The molecule has 0 saturated carbocycles. The summed E-state index contributed by atoms with van der Waals surface area (Å²) in [5.41, 5.74) is 8.73. The van der Waals surface area contributed by atoms with Crippen LogP contribution in [-0.2, 0) is 0 Å². The van der Waals surface area contributed by atoms with Gasteiger partial charge in [0.25, 0.3) is 0 Å². The second kappa shape index (κ2) is 13.4. The fraction of sp³-hybridized carbons (Fsp3) is 0. The van der Waals surface area contributed by atoms with Gasteiger partial charge in [0.15, 0.2) is 17.5 Å². The minimum Gasteiger partial charge on any atom is -0.456 e. The highest BCUT2D eigenvalue weighted by Gasteiger charge is 2.25. The third kappa shape index (κ3) is 5.45. The van der Waals surface area contributed by atoms with Crippen molar-refractivity contribution in [2.75, 3.05) is 0 Å². The molecule has 57 heavy (non-hydrogen) atoms. The summed E-state index contributed by atoms with van der Waals surface area (Å²) >= 11 is 0. The Hall–Kier alpha value is -6.40. The van der Waals surface area contributed by atoms with Gasteiger partial charge >= 0.3 is 0 Å². The molecule has 5 nitrogen and oxygen atoms in total. The van der Waals surface area contributed by atoms with Gasteiger partial charge in [0.05, 0.1) is 0 Å². The van der Waals surface area contributed by atoms with E-state index in [1.165, 1.54) is 0 Å². The number of furan rings is 1. The van der Waals surface area contributed by atoms with Gasteiger partial charge in [-0.3, -0.25) is 0 Å². The van der Waals surface area contributed by atoms with Crippen molar-refractivity contribution in [3.05, 3.63) is 127 Å². The molecule has 0 N–H and O–H groups in total. The van der Waals surface area contributed by atoms with E-state index in [-0.39, 0.29) is 21.9 Å². The van der Waals surface area contributed by atoms with Crippen molar-refractivity contribution in [1.82, 2.24) is 19.5 Å². The number of benzene rings is 7. The number of nitrogens with zero attached hydrogens (tertiary/aromatic N) is 4. The highest BCUT2D eigenvalue weighted by Crippen LogP contribution is 2.36. The first-order valence-electron chi connectivity index (χ1n) is 18.1. The van der Waals surface area contributed by atoms with Gasteiger partial charge < -0.3 is 8.98 Å². The molecule has 0 bridgehead atoms. The SMILES string of the molecule is [B]c1c([B])c([B])c2c(c1[B])c1c([B])c(-c3ccccc3)c([B])c([B])c1n2-c1ccc2oc3cc(-c4nc(-c5ccccc5)nc(-c5ccccc5)n4)ccc3c2c1. The number of fused-ring (bicyclic) bond motifs is 6. The molecule has 0 amide bonds. The summed E-state index contributed by atoms with van der Waals surface area (Å²) in [7, 11) is 47.3. The Morgan fingerprint density at radius 3 is 1.49 bits per heavy atom. The van der Waals surface area contributed by atoms with E-state index in [1.54, 1.807) is 0 Å². The quantitative estimate of drug-likeness (QED) is 0.258. The molecule has 0 spiro atoms. The number of aromatic nitrogens is 4. The van der Waals surface area contributed by atoms with Crippen LogP contribution in [0.5, 0.6) is 0 Å². The van der Waals surface area contributed by atoms with Crippen LogP contribution >= 0.6 is 0 Å². The lowest BCUT2D eigenvalue weighted by Gasteiger charge is -2.19. The molecule has 14 radical (unpaired) electrons. The van der Waals surface area contributed by atoms with E-state index in [2.05, 4.69) is 0 Å². The van der Waals surface area contributed by atoms with Crippen molar-refractivity contribution in [2.45, 2.75) is 0 Å². The van der Waals surface area contributed by atoms with Crippen LogP contribution in [0.1, 0.15) is 0 Å². The topological polar surface area (TPSA) is 56.7 Å². The zero-order valence-electron chi connectivity index (χ0n) is 30.4. The Kier molecular flexibility index (Phi) is 8.22. The molecule has 12 heteroatoms. The van der Waals surface area contributed by atoms with Gasteiger partial charge in [-0.25, -0.2) is 15.0 Å². The second-order valence-electron chi connectivity index (χ2n) is 14.0. The molecule has 0 atom stereocenters. The van der Waals surface area contributed by atoms with Crippen molar-refractivity contribution < 1.29 is 4.42 Å². The van der Waals surface area contributed by atoms with Crippen molar-refractivity contribution >= 4 is 137 Å². The van der Waals surface area contributed by atoms with Crippen LogP contribution < -0.4 is 38.2 Å². The Labute approximate surface area is 337 Å². The van der Waals surface area contributed by atoms with Gasteiger partial charge in [0.1, 0.15) is 66.1 Å². The van der Waals surface area contributed by atoms with E-state index in [0.29, 0.717) is 78.1 Å². The molecule has 10 rings (SSSR count).